The summed E-state index contributed by atoms with van der Waals surface area (Å²) in [6, 6.07) is 4.63. The second-order valence-electron chi connectivity index (χ2n) is 5.90. The van der Waals surface area contributed by atoms with Gasteiger partial charge in [-0.1, -0.05) is 26.7 Å². The van der Waals surface area contributed by atoms with E-state index in [1.165, 1.54) is 37.5 Å². The fourth-order valence-corrected chi connectivity index (χ4v) is 3.40. The predicted molar refractivity (Wildman–Crippen MR) is 82.2 cm³/mol. The molecule has 0 heterocycles. The van der Waals surface area contributed by atoms with Crippen LogP contribution in [-0.4, -0.2) is 11.9 Å². The Morgan fingerprint density at radius 2 is 2.05 bits per heavy atom. The average molecular weight is 342 g/mol. The fourth-order valence-electron chi connectivity index (χ4n) is 3.03. The van der Waals surface area contributed by atoms with Crippen molar-refractivity contribution in [3.8, 4) is 0 Å². The van der Waals surface area contributed by atoms with E-state index < -0.39 is 0 Å². The topological polar surface area (TPSA) is 29.1 Å². The van der Waals surface area contributed by atoms with Crippen LogP contribution in [0, 0.1) is 17.7 Å². The highest BCUT2D eigenvalue weighted by atomic mass is 79.9. The predicted octanol–water partition coefficient (Wildman–Crippen LogP) is 4.53. The number of amides is 1. The number of halogens is 2. The molecule has 2 atom stereocenters. The maximum atomic E-state index is 13.2. The van der Waals surface area contributed by atoms with Gasteiger partial charge >= 0.3 is 0 Å². The first-order chi connectivity index (χ1) is 9.49. The van der Waals surface area contributed by atoms with Crippen LogP contribution in [0.3, 0.4) is 0 Å². The Morgan fingerprint density at radius 3 is 2.70 bits per heavy atom. The van der Waals surface area contributed by atoms with Gasteiger partial charge in [0, 0.05) is 11.6 Å². The van der Waals surface area contributed by atoms with Crippen molar-refractivity contribution >= 4 is 21.8 Å². The minimum atomic E-state index is -0.348. The highest BCUT2D eigenvalue weighted by Crippen LogP contribution is 2.30. The van der Waals surface area contributed by atoms with E-state index in [-0.39, 0.29) is 17.8 Å². The molecule has 2 unspecified atom stereocenters. The van der Waals surface area contributed by atoms with Gasteiger partial charge in [0.2, 0.25) is 0 Å². The van der Waals surface area contributed by atoms with Gasteiger partial charge in [0.05, 0.1) is 4.47 Å². The number of hydrogen-bond donors (Lipinski definition) is 1. The summed E-state index contributed by atoms with van der Waals surface area (Å²) in [6.45, 7) is 4.42. The van der Waals surface area contributed by atoms with Gasteiger partial charge in [0.15, 0.2) is 0 Å². The Balaban J connectivity index is 2.07. The van der Waals surface area contributed by atoms with E-state index in [0.29, 0.717) is 21.9 Å². The number of nitrogens with one attached hydrogen (secondary N) is 1. The molecular weight excluding hydrogens is 321 g/mol. The molecule has 0 radical (unpaired) electrons. The van der Waals surface area contributed by atoms with Gasteiger partial charge in [-0.3, -0.25) is 4.79 Å². The Labute approximate surface area is 128 Å². The molecule has 0 aromatic heterocycles. The zero-order valence-corrected chi connectivity index (χ0v) is 13.5. The molecule has 1 saturated carbocycles. The molecule has 1 N–H and O–H groups in total. The average Bonchev–Trinajstić information content (AvgIpc) is 2.42. The molecule has 0 bridgehead atoms. The highest BCUT2D eigenvalue weighted by Gasteiger charge is 2.28. The van der Waals surface area contributed by atoms with Crippen LogP contribution in [0.4, 0.5) is 4.39 Å². The zero-order valence-electron chi connectivity index (χ0n) is 12.0. The maximum Gasteiger partial charge on any atom is 0.251 e. The molecule has 1 aliphatic rings. The van der Waals surface area contributed by atoms with Crippen molar-refractivity contribution in [2.45, 2.75) is 45.6 Å². The molecule has 1 aromatic carbocycles. The van der Waals surface area contributed by atoms with Gasteiger partial charge < -0.3 is 5.32 Å². The molecule has 0 spiro atoms. The van der Waals surface area contributed by atoms with Crippen molar-refractivity contribution in [2.24, 2.45) is 11.8 Å². The lowest BCUT2D eigenvalue weighted by molar-refractivity contribution is 0.0889. The van der Waals surface area contributed by atoms with Crippen molar-refractivity contribution < 1.29 is 9.18 Å². The molecule has 110 valence electrons. The first kappa shape index (κ1) is 15.5. The molecule has 2 rings (SSSR count). The first-order valence-corrected chi connectivity index (χ1v) is 8.04. The lowest BCUT2D eigenvalue weighted by Gasteiger charge is -2.34. The first-order valence-electron chi connectivity index (χ1n) is 7.25. The Hall–Kier alpha value is -0.900. The van der Waals surface area contributed by atoms with Crippen LogP contribution in [0.1, 0.15) is 49.9 Å². The number of carbonyl (C=O) groups excluding carboxylic acids is 1. The Bertz CT molecular complexity index is 489. The molecule has 2 nitrogen and oxygen atoms in total. The third-order valence-corrected chi connectivity index (χ3v) is 4.78. The number of hydrogen-bond acceptors (Lipinski definition) is 1. The standard InChI is InChI=1S/C16H21BrFNO/c1-10(2)12-5-3-4-6-15(12)19-16(20)11-7-8-14(18)13(17)9-11/h7-10,12,15H,3-6H2,1-2H3,(H,19,20). The quantitative estimate of drug-likeness (QED) is 0.859. The molecule has 1 aromatic rings. The van der Waals surface area contributed by atoms with E-state index >= 15 is 0 Å². The van der Waals surface area contributed by atoms with Crippen molar-refractivity contribution in [3.63, 3.8) is 0 Å². The van der Waals surface area contributed by atoms with Gasteiger partial charge in [0.25, 0.3) is 5.91 Å². The molecule has 4 heteroatoms. The van der Waals surface area contributed by atoms with Crippen molar-refractivity contribution in [1.29, 1.82) is 0 Å². The second-order valence-corrected chi connectivity index (χ2v) is 6.76. The summed E-state index contributed by atoms with van der Waals surface area (Å²) in [5.74, 6) is 0.652. The number of carbonyl (C=O) groups is 1. The lowest BCUT2D eigenvalue weighted by atomic mass is 9.78. The van der Waals surface area contributed by atoms with E-state index in [9.17, 15) is 9.18 Å². The minimum Gasteiger partial charge on any atom is -0.349 e. The van der Waals surface area contributed by atoms with Crippen LogP contribution in [0.5, 0.6) is 0 Å². The van der Waals surface area contributed by atoms with Gasteiger partial charge in [-0.2, -0.15) is 0 Å². The molecule has 20 heavy (non-hydrogen) atoms. The third kappa shape index (κ3) is 3.60. The Morgan fingerprint density at radius 1 is 1.35 bits per heavy atom. The smallest absolute Gasteiger partial charge is 0.251 e. The monoisotopic (exact) mass is 341 g/mol. The molecule has 0 saturated heterocycles. The molecule has 0 aliphatic heterocycles. The number of benzene rings is 1. The van der Waals surface area contributed by atoms with E-state index in [4.69, 9.17) is 0 Å². The van der Waals surface area contributed by atoms with Gasteiger partial charge in [-0.15, -0.1) is 0 Å². The van der Waals surface area contributed by atoms with Gasteiger partial charge in [-0.05, 0) is 58.8 Å². The third-order valence-electron chi connectivity index (χ3n) is 4.17. The van der Waals surface area contributed by atoms with Crippen LogP contribution in [0.25, 0.3) is 0 Å². The number of rotatable bonds is 3. The summed E-state index contributed by atoms with van der Waals surface area (Å²) >= 11 is 3.12. The summed E-state index contributed by atoms with van der Waals surface area (Å²) in [4.78, 5) is 12.3. The summed E-state index contributed by atoms with van der Waals surface area (Å²) in [7, 11) is 0. The largest absolute Gasteiger partial charge is 0.349 e. The molecule has 1 fully saturated rings. The summed E-state index contributed by atoms with van der Waals surface area (Å²) in [5.41, 5.74) is 0.506. The second kappa shape index (κ2) is 6.70. The van der Waals surface area contributed by atoms with Crippen LogP contribution in [-0.2, 0) is 0 Å². The van der Waals surface area contributed by atoms with E-state index in [1.807, 2.05) is 0 Å². The minimum absolute atomic E-state index is 0.108. The van der Waals surface area contributed by atoms with Crippen LogP contribution in [0.15, 0.2) is 22.7 Å². The van der Waals surface area contributed by atoms with E-state index in [2.05, 4.69) is 35.1 Å². The van der Waals surface area contributed by atoms with Crippen LogP contribution >= 0.6 is 15.9 Å². The summed E-state index contributed by atoms with van der Waals surface area (Å²) < 4.78 is 13.5. The fraction of sp³-hybridized carbons (Fsp3) is 0.562. The van der Waals surface area contributed by atoms with Gasteiger partial charge in [0.1, 0.15) is 5.82 Å². The summed E-state index contributed by atoms with van der Waals surface area (Å²) in [6.07, 6.45) is 4.63. The SMILES string of the molecule is CC(C)C1CCCCC1NC(=O)c1ccc(F)c(Br)c1. The zero-order chi connectivity index (χ0) is 14.7. The lowest BCUT2D eigenvalue weighted by Crippen LogP contribution is -2.43. The van der Waals surface area contributed by atoms with Gasteiger partial charge in [-0.25, -0.2) is 4.39 Å². The van der Waals surface area contributed by atoms with Crippen LogP contribution in [0.2, 0.25) is 0 Å². The normalized spacial score (nSPS) is 22.9. The van der Waals surface area contributed by atoms with Crippen LogP contribution < -0.4 is 5.32 Å². The summed E-state index contributed by atoms with van der Waals surface area (Å²) in [5, 5.41) is 3.13. The van der Waals surface area contributed by atoms with Crippen molar-refractivity contribution in [1.82, 2.24) is 5.32 Å². The Kier molecular flexibility index (Phi) is 5.19. The molecule has 1 aliphatic carbocycles. The van der Waals surface area contributed by atoms with E-state index in [0.717, 1.165) is 6.42 Å². The highest BCUT2D eigenvalue weighted by molar-refractivity contribution is 9.10. The molecular formula is C16H21BrFNO. The van der Waals surface area contributed by atoms with E-state index in [1.54, 1.807) is 0 Å². The maximum absolute atomic E-state index is 13.2. The van der Waals surface area contributed by atoms with Crippen molar-refractivity contribution in [3.05, 3.63) is 34.1 Å². The molecule has 1 amide bonds. The van der Waals surface area contributed by atoms with Crippen molar-refractivity contribution in [2.75, 3.05) is 0 Å².